The summed E-state index contributed by atoms with van der Waals surface area (Å²) in [5, 5.41) is 26.9. The number of carboxylic acid groups (broad SMARTS) is 2. The Hall–Kier alpha value is -2.55. The van der Waals surface area contributed by atoms with Gasteiger partial charge in [-0.3, -0.25) is 0 Å². The van der Waals surface area contributed by atoms with Crippen LogP contribution in [0.15, 0.2) is 12.1 Å². The predicted molar refractivity (Wildman–Crippen MR) is 65.4 cm³/mol. The van der Waals surface area contributed by atoms with Gasteiger partial charge < -0.3 is 14.9 Å². The van der Waals surface area contributed by atoms with Crippen LogP contribution in [0.3, 0.4) is 0 Å². The van der Waals surface area contributed by atoms with Crippen LogP contribution in [0, 0.1) is 11.3 Å². The van der Waals surface area contributed by atoms with E-state index in [9.17, 15) is 9.59 Å². The summed E-state index contributed by atoms with van der Waals surface area (Å²) in [6.07, 6.45) is -0.504. The molecule has 1 aromatic carbocycles. The number of ether oxygens (including phenoxy) is 1. The van der Waals surface area contributed by atoms with Crippen molar-refractivity contribution >= 4 is 11.9 Å². The standard InChI is InChI=1S/C13H13NO5/c1-7(2)19-8-5-10(12(15)16)9(3-4-14)11(6-8)13(17)18/h5-7H,3H2,1-2H3,(H,15,16)(H,17,18). The Morgan fingerprint density at radius 3 is 2.05 bits per heavy atom. The molecule has 0 bridgehead atoms. The Balaban J connectivity index is 3.48. The van der Waals surface area contributed by atoms with Gasteiger partial charge in [0.2, 0.25) is 0 Å². The molecule has 0 amide bonds. The van der Waals surface area contributed by atoms with E-state index in [-0.39, 0.29) is 35.0 Å². The quantitative estimate of drug-likeness (QED) is 0.840. The molecule has 0 radical (unpaired) electrons. The highest BCUT2D eigenvalue weighted by atomic mass is 16.5. The number of hydrogen-bond acceptors (Lipinski definition) is 4. The fourth-order valence-corrected chi connectivity index (χ4v) is 1.64. The summed E-state index contributed by atoms with van der Waals surface area (Å²) in [4.78, 5) is 22.3. The highest BCUT2D eigenvalue weighted by Gasteiger charge is 2.20. The molecule has 0 heterocycles. The van der Waals surface area contributed by atoms with E-state index in [1.165, 1.54) is 12.1 Å². The maximum Gasteiger partial charge on any atom is 0.336 e. The molecule has 2 N–H and O–H groups in total. The van der Waals surface area contributed by atoms with Gasteiger partial charge in [-0.05, 0) is 31.5 Å². The summed E-state index contributed by atoms with van der Waals surface area (Å²) in [6, 6.07) is 4.24. The molecule has 0 aliphatic rings. The predicted octanol–water partition coefficient (Wildman–Crippen LogP) is 1.94. The van der Waals surface area contributed by atoms with Gasteiger partial charge >= 0.3 is 11.9 Å². The zero-order valence-electron chi connectivity index (χ0n) is 10.5. The minimum Gasteiger partial charge on any atom is -0.491 e. The fourth-order valence-electron chi connectivity index (χ4n) is 1.64. The van der Waals surface area contributed by atoms with Crippen molar-refractivity contribution in [1.29, 1.82) is 5.26 Å². The second-order valence-corrected chi connectivity index (χ2v) is 4.11. The Labute approximate surface area is 109 Å². The second-order valence-electron chi connectivity index (χ2n) is 4.11. The van der Waals surface area contributed by atoms with Gasteiger partial charge in [0.15, 0.2) is 0 Å². The Kier molecular flexibility index (Phi) is 4.48. The smallest absolute Gasteiger partial charge is 0.336 e. The molecule has 0 atom stereocenters. The topological polar surface area (TPSA) is 108 Å². The molecule has 6 nitrogen and oxygen atoms in total. The highest BCUT2D eigenvalue weighted by Crippen LogP contribution is 2.24. The number of nitriles is 1. The van der Waals surface area contributed by atoms with Crippen LogP contribution < -0.4 is 4.74 Å². The summed E-state index contributed by atoms with van der Waals surface area (Å²) in [6.45, 7) is 3.48. The van der Waals surface area contributed by atoms with Crippen LogP contribution in [-0.2, 0) is 6.42 Å². The highest BCUT2D eigenvalue weighted by molar-refractivity contribution is 5.97. The molecule has 0 aromatic heterocycles. The van der Waals surface area contributed by atoms with Crippen molar-refractivity contribution in [1.82, 2.24) is 0 Å². The maximum atomic E-state index is 11.2. The lowest BCUT2D eigenvalue weighted by Gasteiger charge is -2.14. The molecule has 19 heavy (non-hydrogen) atoms. The lowest BCUT2D eigenvalue weighted by molar-refractivity contribution is 0.0694. The van der Waals surface area contributed by atoms with E-state index < -0.39 is 11.9 Å². The van der Waals surface area contributed by atoms with Crippen LogP contribution in [0.25, 0.3) is 0 Å². The Morgan fingerprint density at radius 2 is 1.74 bits per heavy atom. The molecule has 0 unspecified atom stereocenters. The number of aromatic carboxylic acids is 2. The first-order valence-corrected chi connectivity index (χ1v) is 5.54. The summed E-state index contributed by atoms with van der Waals surface area (Å²) in [5.41, 5.74) is -0.465. The molecule has 0 spiro atoms. The molecule has 0 saturated carbocycles. The lowest BCUT2D eigenvalue weighted by Crippen LogP contribution is -2.13. The zero-order chi connectivity index (χ0) is 14.6. The van der Waals surface area contributed by atoms with E-state index >= 15 is 0 Å². The number of carbonyl (C=O) groups is 2. The molecule has 6 heteroatoms. The van der Waals surface area contributed by atoms with E-state index in [2.05, 4.69) is 0 Å². The van der Waals surface area contributed by atoms with Gasteiger partial charge in [0.05, 0.1) is 29.7 Å². The van der Waals surface area contributed by atoms with Crippen LogP contribution in [0.5, 0.6) is 5.75 Å². The van der Waals surface area contributed by atoms with Gasteiger partial charge in [-0.2, -0.15) is 5.26 Å². The average molecular weight is 263 g/mol. The molecule has 0 aliphatic heterocycles. The summed E-state index contributed by atoms with van der Waals surface area (Å²) in [7, 11) is 0. The van der Waals surface area contributed by atoms with Crippen molar-refractivity contribution in [3.05, 3.63) is 28.8 Å². The van der Waals surface area contributed by atoms with Gasteiger partial charge in [0.1, 0.15) is 5.75 Å². The van der Waals surface area contributed by atoms with E-state index in [1.807, 2.05) is 0 Å². The SMILES string of the molecule is CC(C)Oc1cc(C(=O)O)c(CC#N)c(C(=O)O)c1. The van der Waals surface area contributed by atoms with Gasteiger partial charge in [-0.1, -0.05) is 0 Å². The first-order valence-electron chi connectivity index (χ1n) is 5.54. The van der Waals surface area contributed by atoms with Crippen molar-refractivity contribution in [3.8, 4) is 11.8 Å². The fraction of sp³-hybridized carbons (Fsp3) is 0.308. The molecule has 0 saturated heterocycles. The monoisotopic (exact) mass is 263 g/mol. The second kappa shape index (κ2) is 5.87. The third-order valence-corrected chi connectivity index (χ3v) is 2.31. The zero-order valence-corrected chi connectivity index (χ0v) is 10.5. The first-order chi connectivity index (χ1) is 8.86. The van der Waals surface area contributed by atoms with E-state index in [1.54, 1.807) is 19.9 Å². The van der Waals surface area contributed by atoms with Crippen LogP contribution >= 0.6 is 0 Å². The van der Waals surface area contributed by atoms with E-state index in [0.717, 1.165) is 0 Å². The number of nitrogens with zero attached hydrogens (tertiary/aromatic N) is 1. The molecular weight excluding hydrogens is 250 g/mol. The number of benzene rings is 1. The number of carboxylic acids is 2. The third kappa shape index (κ3) is 3.45. The molecule has 1 aromatic rings. The van der Waals surface area contributed by atoms with Crippen molar-refractivity contribution in [3.63, 3.8) is 0 Å². The third-order valence-electron chi connectivity index (χ3n) is 2.31. The maximum absolute atomic E-state index is 11.2. The van der Waals surface area contributed by atoms with Crippen molar-refractivity contribution in [2.24, 2.45) is 0 Å². The van der Waals surface area contributed by atoms with Crippen molar-refractivity contribution in [2.75, 3.05) is 0 Å². The van der Waals surface area contributed by atoms with Gasteiger partial charge in [-0.15, -0.1) is 0 Å². The summed E-state index contributed by atoms with van der Waals surface area (Å²) < 4.78 is 5.32. The molecule has 1 rings (SSSR count). The van der Waals surface area contributed by atoms with Gasteiger partial charge in [0.25, 0.3) is 0 Å². The Morgan fingerprint density at radius 1 is 1.26 bits per heavy atom. The van der Waals surface area contributed by atoms with Crippen LogP contribution in [0.4, 0.5) is 0 Å². The average Bonchev–Trinajstić information content (AvgIpc) is 2.29. The molecular formula is C13H13NO5. The lowest BCUT2D eigenvalue weighted by atomic mass is 9.98. The van der Waals surface area contributed by atoms with Crippen LogP contribution in [0.2, 0.25) is 0 Å². The number of rotatable bonds is 5. The largest absolute Gasteiger partial charge is 0.491 e. The van der Waals surface area contributed by atoms with Gasteiger partial charge in [-0.25, -0.2) is 9.59 Å². The molecule has 0 aliphatic carbocycles. The van der Waals surface area contributed by atoms with Gasteiger partial charge in [0, 0.05) is 0 Å². The first kappa shape index (κ1) is 14.5. The minimum atomic E-state index is -1.29. The van der Waals surface area contributed by atoms with Crippen LogP contribution in [0.1, 0.15) is 40.1 Å². The van der Waals surface area contributed by atoms with Crippen molar-refractivity contribution < 1.29 is 24.5 Å². The number of hydrogen-bond donors (Lipinski definition) is 2. The van der Waals surface area contributed by atoms with Crippen molar-refractivity contribution in [2.45, 2.75) is 26.4 Å². The van der Waals surface area contributed by atoms with Crippen LogP contribution in [-0.4, -0.2) is 28.3 Å². The molecule has 0 fully saturated rings. The Bertz CT molecular complexity index is 522. The minimum absolute atomic E-state index is 0.0152. The molecule has 100 valence electrons. The van der Waals surface area contributed by atoms with E-state index in [4.69, 9.17) is 20.2 Å². The normalized spacial score (nSPS) is 10.0. The summed E-state index contributed by atoms with van der Waals surface area (Å²) >= 11 is 0. The summed E-state index contributed by atoms with van der Waals surface area (Å²) in [5.74, 6) is -2.42. The van der Waals surface area contributed by atoms with E-state index in [0.29, 0.717) is 0 Å².